The van der Waals surface area contributed by atoms with Crippen LogP contribution < -0.4 is 5.32 Å². The summed E-state index contributed by atoms with van der Waals surface area (Å²) in [5.41, 5.74) is 6.22. The molecule has 0 saturated carbocycles. The number of hydrogen-bond acceptors (Lipinski definition) is 5. The Kier molecular flexibility index (Phi) is 4.15. The van der Waals surface area contributed by atoms with Gasteiger partial charge in [-0.3, -0.25) is 4.98 Å². The van der Waals surface area contributed by atoms with Crippen LogP contribution >= 0.6 is 11.3 Å². The van der Waals surface area contributed by atoms with Crippen LogP contribution in [0.25, 0.3) is 10.4 Å². The summed E-state index contributed by atoms with van der Waals surface area (Å²) >= 11 is 1.64. The minimum Gasteiger partial charge on any atom is -0.324 e. The summed E-state index contributed by atoms with van der Waals surface area (Å²) in [4.78, 5) is 14.2. The van der Waals surface area contributed by atoms with Gasteiger partial charge in [0.2, 0.25) is 5.95 Å². The van der Waals surface area contributed by atoms with Crippen molar-refractivity contribution in [1.82, 2.24) is 15.0 Å². The number of anilines is 2. The van der Waals surface area contributed by atoms with Crippen LogP contribution in [0.5, 0.6) is 0 Å². The summed E-state index contributed by atoms with van der Waals surface area (Å²) in [7, 11) is 0. The monoisotopic (exact) mass is 310 g/mol. The summed E-state index contributed by atoms with van der Waals surface area (Å²) in [5, 5.41) is 3.30. The number of hydrogen-bond donors (Lipinski definition) is 1. The lowest BCUT2D eigenvalue weighted by Gasteiger charge is -2.10. The van der Waals surface area contributed by atoms with Crippen LogP contribution in [-0.4, -0.2) is 15.0 Å². The normalized spacial score (nSPS) is 10.9. The van der Waals surface area contributed by atoms with Gasteiger partial charge in [-0.1, -0.05) is 19.9 Å². The van der Waals surface area contributed by atoms with Gasteiger partial charge in [-0.15, -0.1) is 11.3 Å². The van der Waals surface area contributed by atoms with E-state index in [1.165, 1.54) is 5.56 Å². The van der Waals surface area contributed by atoms with Gasteiger partial charge in [0, 0.05) is 23.8 Å². The van der Waals surface area contributed by atoms with Crippen molar-refractivity contribution in [2.75, 3.05) is 5.32 Å². The molecule has 0 spiro atoms. The predicted molar refractivity (Wildman–Crippen MR) is 91.7 cm³/mol. The number of aromatic nitrogens is 3. The van der Waals surface area contributed by atoms with Crippen molar-refractivity contribution in [3.05, 3.63) is 53.4 Å². The number of aryl methyl sites for hydroxylation is 1. The average Bonchev–Trinajstić information content (AvgIpc) is 3.01. The molecule has 0 atom stereocenters. The van der Waals surface area contributed by atoms with Gasteiger partial charge >= 0.3 is 0 Å². The van der Waals surface area contributed by atoms with E-state index < -0.39 is 0 Å². The van der Waals surface area contributed by atoms with Gasteiger partial charge in [-0.25, -0.2) is 9.97 Å². The van der Waals surface area contributed by atoms with Gasteiger partial charge in [0.15, 0.2) is 0 Å². The first kappa shape index (κ1) is 14.7. The molecule has 0 amide bonds. The van der Waals surface area contributed by atoms with Crippen LogP contribution in [0.15, 0.2) is 42.2 Å². The highest BCUT2D eigenvalue weighted by atomic mass is 32.1. The number of nitrogens with zero attached hydrogens (tertiary/aromatic N) is 3. The highest BCUT2D eigenvalue weighted by Gasteiger charge is 2.06. The Morgan fingerprint density at radius 1 is 1.18 bits per heavy atom. The zero-order valence-corrected chi connectivity index (χ0v) is 13.7. The molecule has 22 heavy (non-hydrogen) atoms. The Labute approximate surface area is 134 Å². The summed E-state index contributed by atoms with van der Waals surface area (Å²) < 4.78 is 0. The van der Waals surface area contributed by atoms with Crippen LogP contribution in [-0.2, 0) is 0 Å². The fourth-order valence-corrected chi connectivity index (χ4v) is 2.85. The molecule has 3 aromatic rings. The van der Waals surface area contributed by atoms with Gasteiger partial charge in [0.1, 0.15) is 0 Å². The number of rotatable bonds is 4. The van der Waals surface area contributed by atoms with Gasteiger partial charge in [-0.2, -0.15) is 0 Å². The third kappa shape index (κ3) is 3.31. The molecule has 0 aliphatic heterocycles. The number of benzene rings is 1. The predicted octanol–water partition coefficient (Wildman–Crippen LogP) is 4.78. The largest absolute Gasteiger partial charge is 0.324 e. The SMILES string of the molecule is Cc1cc(Nc2nccc(C(C)C)n2)cc(-c2cncs2)c1. The lowest BCUT2D eigenvalue weighted by atomic mass is 10.1. The second kappa shape index (κ2) is 6.23. The van der Waals surface area contributed by atoms with E-state index in [9.17, 15) is 0 Å². The first-order valence-corrected chi connectivity index (χ1v) is 8.10. The lowest BCUT2D eigenvalue weighted by molar-refractivity contribution is 0.817. The van der Waals surface area contributed by atoms with Crippen LogP contribution in [0.4, 0.5) is 11.6 Å². The summed E-state index contributed by atoms with van der Waals surface area (Å²) in [6, 6.07) is 8.31. The zero-order chi connectivity index (χ0) is 15.5. The third-order valence-electron chi connectivity index (χ3n) is 3.32. The standard InChI is InChI=1S/C17H18N4S/c1-11(2)15-4-5-19-17(21-15)20-14-7-12(3)6-13(8-14)16-9-18-10-22-16/h4-11H,1-3H3,(H,19,20,21). The smallest absolute Gasteiger partial charge is 0.227 e. The molecule has 1 N–H and O–H groups in total. The minimum absolute atomic E-state index is 0.383. The molecule has 112 valence electrons. The summed E-state index contributed by atoms with van der Waals surface area (Å²) in [6.07, 6.45) is 3.68. The van der Waals surface area contributed by atoms with E-state index in [1.54, 1.807) is 17.5 Å². The van der Waals surface area contributed by atoms with Crippen molar-refractivity contribution in [2.45, 2.75) is 26.7 Å². The van der Waals surface area contributed by atoms with Gasteiger partial charge in [0.05, 0.1) is 10.4 Å². The maximum absolute atomic E-state index is 4.56. The van der Waals surface area contributed by atoms with Gasteiger partial charge in [0.25, 0.3) is 0 Å². The maximum atomic E-state index is 4.56. The Morgan fingerprint density at radius 3 is 2.77 bits per heavy atom. The molecule has 0 radical (unpaired) electrons. The Bertz CT molecular complexity index is 766. The second-order valence-electron chi connectivity index (χ2n) is 5.54. The Balaban J connectivity index is 1.91. The van der Waals surface area contributed by atoms with Crippen LogP contribution in [0.1, 0.15) is 31.0 Å². The third-order valence-corrected chi connectivity index (χ3v) is 4.14. The van der Waals surface area contributed by atoms with Crippen LogP contribution in [0.2, 0.25) is 0 Å². The minimum atomic E-state index is 0.383. The van der Waals surface area contributed by atoms with E-state index in [1.807, 2.05) is 17.8 Å². The molecule has 4 nitrogen and oxygen atoms in total. The molecule has 2 aromatic heterocycles. The second-order valence-corrected chi connectivity index (χ2v) is 6.42. The Hall–Kier alpha value is -2.27. The zero-order valence-electron chi connectivity index (χ0n) is 12.9. The molecule has 1 aromatic carbocycles. The summed E-state index contributed by atoms with van der Waals surface area (Å²) in [5.74, 6) is 1.01. The fourth-order valence-electron chi connectivity index (χ4n) is 2.24. The molecule has 5 heteroatoms. The Morgan fingerprint density at radius 2 is 2.05 bits per heavy atom. The molecular formula is C17H18N4S. The van der Waals surface area contributed by atoms with Gasteiger partial charge < -0.3 is 5.32 Å². The summed E-state index contributed by atoms with van der Waals surface area (Å²) in [6.45, 7) is 6.34. The fraction of sp³-hybridized carbons (Fsp3) is 0.235. The molecule has 0 aliphatic rings. The lowest BCUT2D eigenvalue weighted by Crippen LogP contribution is -2.01. The molecule has 0 saturated heterocycles. The van der Waals surface area contributed by atoms with Crippen molar-refractivity contribution < 1.29 is 0 Å². The van der Waals surface area contributed by atoms with Crippen molar-refractivity contribution in [3.8, 4) is 10.4 Å². The van der Waals surface area contributed by atoms with Crippen molar-refractivity contribution in [2.24, 2.45) is 0 Å². The van der Waals surface area contributed by atoms with E-state index >= 15 is 0 Å². The molecule has 0 fully saturated rings. The number of nitrogens with one attached hydrogen (secondary N) is 1. The molecule has 2 heterocycles. The molecule has 0 bridgehead atoms. The topological polar surface area (TPSA) is 50.7 Å². The molecule has 0 aliphatic carbocycles. The van der Waals surface area contributed by atoms with E-state index in [-0.39, 0.29) is 0 Å². The molecular weight excluding hydrogens is 292 g/mol. The first-order chi connectivity index (χ1) is 10.6. The highest BCUT2D eigenvalue weighted by Crippen LogP contribution is 2.28. The van der Waals surface area contributed by atoms with Crippen molar-refractivity contribution in [3.63, 3.8) is 0 Å². The van der Waals surface area contributed by atoms with Crippen molar-refractivity contribution in [1.29, 1.82) is 0 Å². The molecule has 3 rings (SSSR count). The van der Waals surface area contributed by atoms with E-state index in [0.29, 0.717) is 11.9 Å². The average molecular weight is 310 g/mol. The highest BCUT2D eigenvalue weighted by molar-refractivity contribution is 7.13. The van der Waals surface area contributed by atoms with Crippen LogP contribution in [0.3, 0.4) is 0 Å². The van der Waals surface area contributed by atoms with Crippen LogP contribution in [0, 0.1) is 6.92 Å². The van der Waals surface area contributed by atoms with E-state index in [2.05, 4.69) is 59.2 Å². The number of thiazole rings is 1. The maximum Gasteiger partial charge on any atom is 0.227 e. The first-order valence-electron chi connectivity index (χ1n) is 7.22. The van der Waals surface area contributed by atoms with E-state index in [0.717, 1.165) is 21.8 Å². The van der Waals surface area contributed by atoms with Crippen molar-refractivity contribution >= 4 is 23.0 Å². The quantitative estimate of drug-likeness (QED) is 0.753. The molecule has 0 unspecified atom stereocenters. The van der Waals surface area contributed by atoms with E-state index in [4.69, 9.17) is 0 Å². The van der Waals surface area contributed by atoms with Gasteiger partial charge in [-0.05, 0) is 42.2 Å².